The molecule has 0 N–H and O–H groups in total. The number of hydrogen-bond donors (Lipinski definition) is 0. The molecule has 0 atom stereocenters. The van der Waals surface area contributed by atoms with Gasteiger partial charge < -0.3 is 0 Å². The molecule has 2 aromatic carbocycles. The van der Waals surface area contributed by atoms with Crippen LogP contribution in [0, 0.1) is 27.7 Å². The van der Waals surface area contributed by atoms with E-state index in [-0.39, 0.29) is 0 Å². The van der Waals surface area contributed by atoms with Crippen LogP contribution in [0.15, 0.2) is 35.4 Å². The topological polar surface area (TPSA) is 0 Å². The van der Waals surface area contributed by atoms with Crippen LogP contribution in [-0.4, -0.2) is 0 Å². The van der Waals surface area contributed by atoms with Crippen molar-refractivity contribution in [2.75, 3.05) is 0 Å². The zero-order valence-electron chi connectivity index (χ0n) is 17.1. The molecule has 0 radical (unpaired) electrons. The van der Waals surface area contributed by atoms with Crippen molar-refractivity contribution < 1.29 is 0 Å². The quantitative estimate of drug-likeness (QED) is 0.560. The predicted molar refractivity (Wildman–Crippen MR) is 114 cm³/mol. The molecule has 26 heavy (non-hydrogen) atoms. The Balaban J connectivity index is 1.62. The highest BCUT2D eigenvalue weighted by Crippen LogP contribution is 2.42. The molecule has 4 rings (SSSR count). The number of aryl methyl sites for hydroxylation is 4. The number of fused-ring (bicyclic) bond motifs is 2. The second-order valence-corrected chi connectivity index (χ2v) is 8.56. The zero-order valence-corrected chi connectivity index (χ0v) is 17.1. The highest BCUT2D eigenvalue weighted by molar-refractivity contribution is 5.81. The lowest BCUT2D eigenvalue weighted by Gasteiger charge is -2.13. The van der Waals surface area contributed by atoms with E-state index < -0.39 is 0 Å². The predicted octanol–water partition coefficient (Wildman–Crippen LogP) is 7.06. The normalized spacial score (nSPS) is 15.8. The molecule has 0 heteroatoms. The van der Waals surface area contributed by atoms with Crippen LogP contribution in [0.3, 0.4) is 0 Å². The van der Waals surface area contributed by atoms with Crippen LogP contribution in [0.4, 0.5) is 0 Å². The van der Waals surface area contributed by atoms with Crippen molar-refractivity contribution in [2.24, 2.45) is 0 Å². The van der Waals surface area contributed by atoms with E-state index in [1.807, 2.05) is 0 Å². The Kier molecular flexibility index (Phi) is 4.18. The van der Waals surface area contributed by atoms with Crippen LogP contribution in [0.1, 0.15) is 71.2 Å². The maximum atomic E-state index is 2.42. The molecule has 2 aliphatic carbocycles. The van der Waals surface area contributed by atoms with Gasteiger partial charge in [0.15, 0.2) is 0 Å². The smallest absolute Gasteiger partial charge is 0.00577 e. The van der Waals surface area contributed by atoms with E-state index in [4.69, 9.17) is 0 Å². The third-order valence-corrected chi connectivity index (χ3v) is 6.66. The van der Waals surface area contributed by atoms with E-state index in [1.165, 1.54) is 57.3 Å². The summed E-state index contributed by atoms with van der Waals surface area (Å²) in [6.45, 7) is 13.6. The van der Waals surface area contributed by atoms with Crippen LogP contribution >= 0.6 is 0 Å². The summed E-state index contributed by atoms with van der Waals surface area (Å²) in [6, 6.07) is 9.66. The van der Waals surface area contributed by atoms with Crippen molar-refractivity contribution in [3.63, 3.8) is 0 Å². The number of benzene rings is 2. The third kappa shape index (κ3) is 2.76. The molecule has 0 heterocycles. The van der Waals surface area contributed by atoms with Gasteiger partial charge in [0.05, 0.1) is 0 Å². The van der Waals surface area contributed by atoms with E-state index >= 15 is 0 Å². The lowest BCUT2D eigenvalue weighted by Crippen LogP contribution is -1.93. The van der Waals surface area contributed by atoms with Gasteiger partial charge in [-0.05, 0) is 123 Å². The molecular weight excluding hydrogens is 312 g/mol. The average Bonchev–Trinajstić information content (AvgIpc) is 3.03. The van der Waals surface area contributed by atoms with Gasteiger partial charge in [-0.25, -0.2) is 0 Å². The van der Waals surface area contributed by atoms with Crippen LogP contribution < -0.4 is 0 Å². The first-order valence-corrected chi connectivity index (χ1v) is 9.93. The van der Waals surface area contributed by atoms with Crippen LogP contribution in [-0.2, 0) is 12.8 Å². The van der Waals surface area contributed by atoms with E-state index in [0.717, 1.165) is 12.8 Å². The molecule has 2 aliphatic rings. The van der Waals surface area contributed by atoms with Gasteiger partial charge in [0.25, 0.3) is 0 Å². The molecule has 0 saturated carbocycles. The zero-order chi connectivity index (χ0) is 18.6. The average molecular weight is 343 g/mol. The summed E-state index contributed by atoms with van der Waals surface area (Å²) in [4.78, 5) is 0. The van der Waals surface area contributed by atoms with Gasteiger partial charge in [-0.15, -0.1) is 0 Å². The monoisotopic (exact) mass is 342 g/mol. The molecule has 0 amide bonds. The molecule has 0 bridgehead atoms. The second kappa shape index (κ2) is 6.27. The molecule has 0 aliphatic heterocycles. The van der Waals surface area contributed by atoms with E-state index in [0.29, 0.717) is 0 Å². The molecule has 0 nitrogen and oxygen atoms in total. The Morgan fingerprint density at radius 1 is 0.538 bits per heavy atom. The van der Waals surface area contributed by atoms with Crippen LogP contribution in [0.5, 0.6) is 0 Å². The molecule has 0 saturated heterocycles. The lowest BCUT2D eigenvalue weighted by atomic mass is 9.92. The highest BCUT2D eigenvalue weighted by Gasteiger charge is 2.23. The van der Waals surface area contributed by atoms with E-state index in [2.05, 4.69) is 65.8 Å². The van der Waals surface area contributed by atoms with Crippen molar-refractivity contribution in [1.82, 2.24) is 0 Å². The van der Waals surface area contributed by atoms with Crippen molar-refractivity contribution in [1.29, 1.82) is 0 Å². The SMILES string of the molecule is CC1=C(CCC2=C(C)Cc3cc(C)c(C)cc32)c2cc(C)c(C)cc2C1. The van der Waals surface area contributed by atoms with E-state index in [1.54, 1.807) is 22.3 Å². The first-order chi connectivity index (χ1) is 12.3. The van der Waals surface area contributed by atoms with Gasteiger partial charge in [0, 0.05) is 0 Å². The van der Waals surface area contributed by atoms with Crippen molar-refractivity contribution in [2.45, 2.75) is 67.2 Å². The Labute approximate surface area is 158 Å². The third-order valence-electron chi connectivity index (χ3n) is 6.66. The van der Waals surface area contributed by atoms with Gasteiger partial charge >= 0.3 is 0 Å². The van der Waals surface area contributed by atoms with Gasteiger partial charge in [-0.3, -0.25) is 0 Å². The molecule has 2 aromatic rings. The van der Waals surface area contributed by atoms with Gasteiger partial charge in [0.2, 0.25) is 0 Å². The summed E-state index contributed by atoms with van der Waals surface area (Å²) >= 11 is 0. The Morgan fingerprint density at radius 3 is 1.27 bits per heavy atom. The maximum Gasteiger partial charge on any atom is -0.00577 e. The van der Waals surface area contributed by atoms with E-state index in [9.17, 15) is 0 Å². The molecule has 0 spiro atoms. The standard InChI is InChI=1S/C26H30/c1-15-9-21-11-19(5)23(25(21)13-17(15)3)7-8-24-20(6)12-22-10-16(2)18(4)14-26(22)24/h9-10,13-14H,7-8,11-12H2,1-6H3. The summed E-state index contributed by atoms with van der Waals surface area (Å²) in [5, 5.41) is 0. The molecule has 0 unspecified atom stereocenters. The van der Waals surface area contributed by atoms with Crippen molar-refractivity contribution >= 4 is 11.1 Å². The summed E-state index contributed by atoms with van der Waals surface area (Å²) in [5.41, 5.74) is 18.1. The van der Waals surface area contributed by atoms with Crippen LogP contribution in [0.25, 0.3) is 11.1 Å². The summed E-state index contributed by atoms with van der Waals surface area (Å²) in [6.07, 6.45) is 4.61. The maximum absolute atomic E-state index is 2.42. The summed E-state index contributed by atoms with van der Waals surface area (Å²) in [7, 11) is 0. The largest absolute Gasteiger partial charge is 0.0651 e. The first-order valence-electron chi connectivity index (χ1n) is 9.93. The van der Waals surface area contributed by atoms with Crippen molar-refractivity contribution in [3.05, 3.63) is 79.9 Å². The fourth-order valence-corrected chi connectivity index (χ4v) is 4.80. The second-order valence-electron chi connectivity index (χ2n) is 8.56. The minimum Gasteiger partial charge on any atom is -0.0651 e. The van der Waals surface area contributed by atoms with Gasteiger partial charge in [-0.1, -0.05) is 35.4 Å². The van der Waals surface area contributed by atoms with Crippen LogP contribution in [0.2, 0.25) is 0 Å². The minimum absolute atomic E-state index is 1.14. The van der Waals surface area contributed by atoms with Gasteiger partial charge in [-0.2, -0.15) is 0 Å². The summed E-state index contributed by atoms with van der Waals surface area (Å²) < 4.78 is 0. The summed E-state index contributed by atoms with van der Waals surface area (Å²) in [5.74, 6) is 0. The number of rotatable bonds is 3. The minimum atomic E-state index is 1.14. The lowest BCUT2D eigenvalue weighted by molar-refractivity contribution is 1.06. The molecule has 0 aromatic heterocycles. The van der Waals surface area contributed by atoms with Crippen molar-refractivity contribution in [3.8, 4) is 0 Å². The Bertz CT molecular complexity index is 898. The fraction of sp³-hybridized carbons (Fsp3) is 0.385. The molecule has 134 valence electrons. The molecular formula is C26H30. The fourth-order valence-electron chi connectivity index (χ4n) is 4.80. The first kappa shape index (κ1) is 17.3. The highest BCUT2D eigenvalue weighted by atomic mass is 14.3. The number of hydrogen-bond acceptors (Lipinski definition) is 0. The van der Waals surface area contributed by atoms with Gasteiger partial charge in [0.1, 0.15) is 0 Å². The Hall–Kier alpha value is -2.08. The Morgan fingerprint density at radius 2 is 0.885 bits per heavy atom. The number of allylic oxidation sites excluding steroid dienone is 4. The molecule has 0 fully saturated rings.